The van der Waals surface area contributed by atoms with Crippen molar-refractivity contribution in [3.05, 3.63) is 58.5 Å². The van der Waals surface area contributed by atoms with Crippen LogP contribution < -0.4 is 10.6 Å². The SMILES string of the molecule is O=C(NC[C@@H](CO)Cc1ccco1)Nc1ccccc1[N+](=O)[O-]. The fourth-order valence-electron chi connectivity index (χ4n) is 2.06. The molecule has 0 radical (unpaired) electrons. The Morgan fingerprint density at radius 1 is 1.30 bits per heavy atom. The van der Waals surface area contributed by atoms with E-state index in [0.717, 1.165) is 0 Å². The van der Waals surface area contributed by atoms with E-state index in [0.29, 0.717) is 12.2 Å². The number of aliphatic hydroxyl groups excluding tert-OH is 1. The standard InChI is InChI=1S/C15H17N3O5/c19-10-11(8-12-4-3-7-23-12)9-16-15(20)17-13-5-1-2-6-14(13)18(21)22/h1-7,11,19H,8-10H2,(H2,16,17,20)/t11-/m0/s1. The molecule has 0 spiro atoms. The lowest BCUT2D eigenvalue weighted by Gasteiger charge is -2.14. The van der Waals surface area contributed by atoms with E-state index in [-0.39, 0.29) is 30.4 Å². The first kappa shape index (κ1) is 16.5. The number of amides is 2. The van der Waals surface area contributed by atoms with Gasteiger partial charge < -0.3 is 20.2 Å². The molecule has 2 aromatic rings. The van der Waals surface area contributed by atoms with E-state index in [4.69, 9.17) is 4.42 Å². The molecule has 8 nitrogen and oxygen atoms in total. The van der Waals surface area contributed by atoms with Crippen molar-refractivity contribution in [3.8, 4) is 0 Å². The number of urea groups is 1. The number of furan rings is 1. The van der Waals surface area contributed by atoms with Crippen LogP contribution in [0.2, 0.25) is 0 Å². The summed E-state index contributed by atoms with van der Waals surface area (Å²) in [4.78, 5) is 22.2. The molecule has 8 heteroatoms. The predicted octanol–water partition coefficient (Wildman–Crippen LogP) is 2.16. The number of hydrogen-bond donors (Lipinski definition) is 3. The molecule has 23 heavy (non-hydrogen) atoms. The molecule has 122 valence electrons. The minimum absolute atomic E-state index is 0.113. The maximum atomic E-state index is 11.9. The maximum absolute atomic E-state index is 11.9. The second-order valence-corrected chi connectivity index (χ2v) is 4.94. The van der Waals surface area contributed by atoms with Crippen molar-refractivity contribution in [1.82, 2.24) is 5.32 Å². The summed E-state index contributed by atoms with van der Waals surface area (Å²) in [5.41, 5.74) is -0.0708. The van der Waals surface area contributed by atoms with Gasteiger partial charge in [-0.25, -0.2) is 4.79 Å². The Kier molecular flexibility index (Phi) is 5.70. The van der Waals surface area contributed by atoms with Crippen molar-refractivity contribution in [1.29, 1.82) is 0 Å². The molecule has 0 bridgehead atoms. The van der Waals surface area contributed by atoms with E-state index in [9.17, 15) is 20.0 Å². The largest absolute Gasteiger partial charge is 0.469 e. The average molecular weight is 319 g/mol. The molecule has 2 rings (SSSR count). The summed E-state index contributed by atoms with van der Waals surface area (Å²) >= 11 is 0. The topological polar surface area (TPSA) is 118 Å². The summed E-state index contributed by atoms with van der Waals surface area (Å²) < 4.78 is 5.20. The minimum Gasteiger partial charge on any atom is -0.469 e. The van der Waals surface area contributed by atoms with Crippen LogP contribution in [0, 0.1) is 16.0 Å². The lowest BCUT2D eigenvalue weighted by Crippen LogP contribution is -2.35. The Hall–Kier alpha value is -2.87. The third-order valence-corrected chi connectivity index (χ3v) is 3.23. The molecule has 0 aliphatic heterocycles. The lowest BCUT2D eigenvalue weighted by molar-refractivity contribution is -0.383. The Morgan fingerprint density at radius 3 is 2.74 bits per heavy atom. The van der Waals surface area contributed by atoms with Crippen molar-refractivity contribution < 1.29 is 19.2 Å². The second kappa shape index (κ2) is 7.95. The summed E-state index contributed by atoms with van der Waals surface area (Å²) in [7, 11) is 0. The average Bonchev–Trinajstić information content (AvgIpc) is 3.04. The number of hydrogen-bond acceptors (Lipinski definition) is 5. The number of nitro benzene ring substituents is 1. The molecule has 0 saturated carbocycles. The molecule has 1 aromatic carbocycles. The number of nitrogens with one attached hydrogen (secondary N) is 2. The van der Waals surface area contributed by atoms with Gasteiger partial charge in [0.05, 0.1) is 11.2 Å². The molecule has 0 fully saturated rings. The first-order valence-corrected chi connectivity index (χ1v) is 7.01. The summed E-state index contributed by atoms with van der Waals surface area (Å²) in [6.07, 6.45) is 2.02. The summed E-state index contributed by atoms with van der Waals surface area (Å²) in [6.45, 7) is 0.0934. The van der Waals surface area contributed by atoms with Crippen LogP contribution in [0.5, 0.6) is 0 Å². The van der Waals surface area contributed by atoms with Crippen molar-refractivity contribution in [2.75, 3.05) is 18.5 Å². The molecule has 1 atom stereocenters. The Balaban J connectivity index is 1.88. The van der Waals surface area contributed by atoms with Gasteiger partial charge in [-0.05, 0) is 18.2 Å². The van der Waals surface area contributed by atoms with E-state index in [1.807, 2.05) is 0 Å². The summed E-state index contributed by atoms with van der Waals surface area (Å²) in [5.74, 6) is 0.502. The fraction of sp³-hybridized carbons (Fsp3) is 0.267. The Bertz CT molecular complexity index is 657. The molecular weight excluding hydrogens is 302 g/mol. The van der Waals surface area contributed by atoms with Crippen LogP contribution >= 0.6 is 0 Å². The van der Waals surface area contributed by atoms with Crippen molar-refractivity contribution >= 4 is 17.4 Å². The fourth-order valence-corrected chi connectivity index (χ4v) is 2.06. The number of benzene rings is 1. The van der Waals surface area contributed by atoms with Gasteiger partial charge in [0.15, 0.2) is 0 Å². The predicted molar refractivity (Wildman–Crippen MR) is 83.1 cm³/mol. The van der Waals surface area contributed by atoms with E-state index in [1.54, 1.807) is 24.5 Å². The van der Waals surface area contributed by atoms with E-state index >= 15 is 0 Å². The van der Waals surface area contributed by atoms with Crippen LogP contribution in [-0.4, -0.2) is 29.2 Å². The highest BCUT2D eigenvalue weighted by Crippen LogP contribution is 2.22. The maximum Gasteiger partial charge on any atom is 0.319 e. The number of carbonyl (C=O) groups is 1. The molecular formula is C15H17N3O5. The number of anilines is 1. The van der Waals surface area contributed by atoms with Gasteiger partial charge in [0, 0.05) is 31.6 Å². The zero-order chi connectivity index (χ0) is 16.7. The van der Waals surface area contributed by atoms with Gasteiger partial charge in [-0.15, -0.1) is 0 Å². The third kappa shape index (κ3) is 4.82. The molecule has 1 heterocycles. The second-order valence-electron chi connectivity index (χ2n) is 4.94. The van der Waals surface area contributed by atoms with Gasteiger partial charge in [0.25, 0.3) is 5.69 Å². The number of nitrogens with zero attached hydrogens (tertiary/aromatic N) is 1. The monoisotopic (exact) mass is 319 g/mol. The third-order valence-electron chi connectivity index (χ3n) is 3.23. The first-order valence-electron chi connectivity index (χ1n) is 7.01. The highest BCUT2D eigenvalue weighted by molar-refractivity contribution is 5.91. The van der Waals surface area contributed by atoms with Crippen LogP contribution in [0.1, 0.15) is 5.76 Å². The van der Waals surface area contributed by atoms with E-state index < -0.39 is 11.0 Å². The van der Waals surface area contributed by atoms with E-state index in [1.165, 1.54) is 18.2 Å². The van der Waals surface area contributed by atoms with Crippen LogP contribution in [0.3, 0.4) is 0 Å². The smallest absolute Gasteiger partial charge is 0.319 e. The molecule has 1 aromatic heterocycles. The van der Waals surface area contributed by atoms with Gasteiger partial charge >= 0.3 is 6.03 Å². The Labute approximate surface area is 132 Å². The molecule has 3 N–H and O–H groups in total. The summed E-state index contributed by atoms with van der Waals surface area (Å²) in [5, 5.41) is 25.2. The molecule has 2 amide bonds. The van der Waals surface area contributed by atoms with Crippen LogP contribution in [0.4, 0.5) is 16.2 Å². The zero-order valence-corrected chi connectivity index (χ0v) is 12.3. The quantitative estimate of drug-likeness (QED) is 0.534. The van der Waals surface area contributed by atoms with Gasteiger partial charge in [-0.3, -0.25) is 10.1 Å². The molecule has 0 aliphatic carbocycles. The molecule has 0 aliphatic rings. The van der Waals surface area contributed by atoms with Crippen molar-refractivity contribution in [2.45, 2.75) is 6.42 Å². The van der Waals surface area contributed by atoms with Gasteiger partial charge in [-0.1, -0.05) is 12.1 Å². The molecule has 0 saturated heterocycles. The van der Waals surface area contributed by atoms with Crippen LogP contribution in [0.15, 0.2) is 47.1 Å². The number of rotatable bonds is 7. The minimum atomic E-state index is -0.572. The highest BCUT2D eigenvalue weighted by Gasteiger charge is 2.16. The van der Waals surface area contributed by atoms with Crippen LogP contribution in [-0.2, 0) is 6.42 Å². The normalized spacial score (nSPS) is 11.7. The van der Waals surface area contributed by atoms with Gasteiger partial charge in [0.1, 0.15) is 11.4 Å². The number of nitro groups is 1. The van der Waals surface area contributed by atoms with Crippen molar-refractivity contribution in [2.24, 2.45) is 5.92 Å². The zero-order valence-electron chi connectivity index (χ0n) is 12.3. The molecule has 0 unspecified atom stereocenters. The van der Waals surface area contributed by atoms with Gasteiger partial charge in [0.2, 0.25) is 0 Å². The number of aliphatic hydroxyl groups is 1. The first-order chi connectivity index (χ1) is 11.1. The number of carbonyl (C=O) groups excluding carboxylic acids is 1. The Morgan fingerprint density at radius 2 is 2.09 bits per heavy atom. The van der Waals surface area contributed by atoms with E-state index in [2.05, 4.69) is 10.6 Å². The summed E-state index contributed by atoms with van der Waals surface area (Å²) in [6, 6.07) is 8.83. The van der Waals surface area contributed by atoms with Crippen molar-refractivity contribution in [3.63, 3.8) is 0 Å². The van der Waals surface area contributed by atoms with Gasteiger partial charge in [-0.2, -0.15) is 0 Å². The number of para-hydroxylation sites is 2. The highest BCUT2D eigenvalue weighted by atomic mass is 16.6. The lowest BCUT2D eigenvalue weighted by atomic mass is 10.1. The van der Waals surface area contributed by atoms with Crippen LogP contribution in [0.25, 0.3) is 0 Å².